The summed E-state index contributed by atoms with van der Waals surface area (Å²) in [5.41, 5.74) is 0.662. The summed E-state index contributed by atoms with van der Waals surface area (Å²) in [6, 6.07) is 19.2. The Bertz CT molecular complexity index is 758. The number of ether oxygens (including phenoxy) is 2. The minimum absolute atomic E-state index is 0.124. The van der Waals surface area contributed by atoms with E-state index in [0.29, 0.717) is 6.42 Å². The molecule has 0 saturated carbocycles. The number of rotatable bonds is 8. The van der Waals surface area contributed by atoms with Crippen LogP contribution < -0.4 is 5.32 Å². The second kappa shape index (κ2) is 10.2. The summed E-state index contributed by atoms with van der Waals surface area (Å²) in [5.74, 6) is -0.536. The standard InChI is InChI=1S/C22H25NO4/c1-3-26-20(24)22(2,16-10-15-18-11-6-4-7-12-18)23-21(25)27-17-19-13-8-5-9-14-19/h4-14,16H,3,15,17H2,1-2H3,(H,23,25)/b16-10+/t22-/m1/s1. The van der Waals surface area contributed by atoms with Crippen molar-refractivity contribution in [1.29, 1.82) is 0 Å². The number of esters is 1. The molecule has 0 aliphatic rings. The van der Waals surface area contributed by atoms with E-state index in [1.54, 1.807) is 19.9 Å². The van der Waals surface area contributed by atoms with Crippen LogP contribution in [0.3, 0.4) is 0 Å². The molecule has 1 amide bonds. The highest BCUT2D eigenvalue weighted by Gasteiger charge is 2.34. The molecule has 0 spiro atoms. The predicted molar refractivity (Wildman–Crippen MR) is 104 cm³/mol. The van der Waals surface area contributed by atoms with Gasteiger partial charge in [0.15, 0.2) is 5.54 Å². The molecule has 27 heavy (non-hydrogen) atoms. The lowest BCUT2D eigenvalue weighted by molar-refractivity contribution is -0.148. The van der Waals surface area contributed by atoms with E-state index in [1.165, 1.54) is 0 Å². The highest BCUT2D eigenvalue weighted by molar-refractivity contribution is 5.87. The zero-order chi connectivity index (χ0) is 19.5. The number of nitrogens with one attached hydrogen (secondary N) is 1. The summed E-state index contributed by atoms with van der Waals surface area (Å²) < 4.78 is 10.3. The highest BCUT2D eigenvalue weighted by Crippen LogP contribution is 2.12. The molecule has 0 unspecified atom stereocenters. The second-order valence-electron chi connectivity index (χ2n) is 6.20. The van der Waals surface area contributed by atoms with Gasteiger partial charge in [-0.3, -0.25) is 0 Å². The molecule has 0 fully saturated rings. The maximum absolute atomic E-state index is 12.4. The van der Waals surface area contributed by atoms with Crippen LogP contribution in [0.4, 0.5) is 4.79 Å². The highest BCUT2D eigenvalue weighted by atomic mass is 16.6. The molecule has 0 aromatic heterocycles. The number of hydrogen-bond acceptors (Lipinski definition) is 4. The Morgan fingerprint density at radius 3 is 2.15 bits per heavy atom. The molecule has 5 nitrogen and oxygen atoms in total. The molecule has 1 N–H and O–H groups in total. The van der Waals surface area contributed by atoms with Crippen LogP contribution in [0.5, 0.6) is 0 Å². The smallest absolute Gasteiger partial charge is 0.408 e. The molecular weight excluding hydrogens is 342 g/mol. The summed E-state index contributed by atoms with van der Waals surface area (Å²) in [4.78, 5) is 24.6. The van der Waals surface area contributed by atoms with Gasteiger partial charge in [-0.2, -0.15) is 0 Å². The maximum atomic E-state index is 12.4. The third-order valence-electron chi connectivity index (χ3n) is 3.92. The molecule has 1 atom stereocenters. The predicted octanol–water partition coefficient (Wildman–Crippen LogP) is 4.03. The quantitative estimate of drug-likeness (QED) is 0.565. The zero-order valence-electron chi connectivity index (χ0n) is 15.7. The van der Waals surface area contributed by atoms with Crippen molar-refractivity contribution in [3.63, 3.8) is 0 Å². The van der Waals surface area contributed by atoms with Gasteiger partial charge < -0.3 is 14.8 Å². The van der Waals surface area contributed by atoms with Crippen LogP contribution in [0.25, 0.3) is 0 Å². The molecule has 0 radical (unpaired) electrons. The number of hydrogen-bond donors (Lipinski definition) is 1. The van der Waals surface area contributed by atoms with E-state index in [1.807, 2.05) is 66.7 Å². The van der Waals surface area contributed by atoms with Crippen molar-refractivity contribution in [2.45, 2.75) is 32.4 Å². The lowest BCUT2D eigenvalue weighted by Gasteiger charge is -2.24. The van der Waals surface area contributed by atoms with Gasteiger partial charge in [0.25, 0.3) is 0 Å². The SMILES string of the molecule is CCOC(=O)[C@@](C)(/C=C/Cc1ccccc1)NC(=O)OCc1ccccc1. The van der Waals surface area contributed by atoms with Gasteiger partial charge in [0.1, 0.15) is 6.61 Å². The van der Waals surface area contributed by atoms with Crippen molar-refractivity contribution in [3.05, 3.63) is 83.9 Å². The van der Waals surface area contributed by atoms with Crippen LogP contribution in [0.15, 0.2) is 72.8 Å². The topological polar surface area (TPSA) is 64.6 Å². The van der Waals surface area contributed by atoms with Gasteiger partial charge in [-0.05, 0) is 31.4 Å². The van der Waals surface area contributed by atoms with Gasteiger partial charge in [-0.15, -0.1) is 0 Å². The van der Waals surface area contributed by atoms with Gasteiger partial charge in [0.05, 0.1) is 6.61 Å². The lowest BCUT2D eigenvalue weighted by Crippen LogP contribution is -2.51. The number of carbonyl (C=O) groups is 2. The number of carbonyl (C=O) groups excluding carboxylic acids is 2. The first-order valence-corrected chi connectivity index (χ1v) is 8.91. The van der Waals surface area contributed by atoms with Gasteiger partial charge in [-0.25, -0.2) is 9.59 Å². The molecule has 142 valence electrons. The Hall–Kier alpha value is -3.08. The third-order valence-corrected chi connectivity index (χ3v) is 3.92. The minimum atomic E-state index is -1.31. The van der Waals surface area contributed by atoms with Crippen molar-refractivity contribution in [3.8, 4) is 0 Å². The maximum Gasteiger partial charge on any atom is 0.408 e. The van der Waals surface area contributed by atoms with Crippen LogP contribution in [-0.4, -0.2) is 24.2 Å². The van der Waals surface area contributed by atoms with Crippen molar-refractivity contribution in [2.75, 3.05) is 6.61 Å². The minimum Gasteiger partial charge on any atom is -0.464 e. The third kappa shape index (κ3) is 6.62. The molecule has 0 aliphatic heterocycles. The van der Waals surface area contributed by atoms with Gasteiger partial charge in [0, 0.05) is 0 Å². The van der Waals surface area contributed by atoms with Crippen LogP contribution in [-0.2, 0) is 27.3 Å². The molecule has 2 rings (SSSR count). The van der Waals surface area contributed by atoms with Crippen LogP contribution in [0.2, 0.25) is 0 Å². The van der Waals surface area contributed by atoms with Gasteiger partial charge >= 0.3 is 12.1 Å². The molecule has 0 saturated heterocycles. The van der Waals surface area contributed by atoms with Crippen molar-refractivity contribution in [1.82, 2.24) is 5.32 Å². The molecular formula is C22H25NO4. The van der Waals surface area contributed by atoms with Crippen LogP contribution in [0, 0.1) is 0 Å². The molecule has 2 aromatic carbocycles. The fourth-order valence-electron chi connectivity index (χ4n) is 2.46. The van der Waals surface area contributed by atoms with E-state index in [-0.39, 0.29) is 13.2 Å². The number of allylic oxidation sites excluding steroid dienone is 1. The van der Waals surface area contributed by atoms with Crippen molar-refractivity contribution >= 4 is 12.1 Å². The Kier molecular flexibility index (Phi) is 7.62. The monoisotopic (exact) mass is 367 g/mol. The summed E-state index contributed by atoms with van der Waals surface area (Å²) in [7, 11) is 0. The number of amides is 1. The Labute approximate surface area is 160 Å². The first kappa shape index (κ1) is 20.2. The molecule has 0 bridgehead atoms. The number of alkyl carbamates (subject to hydrolysis) is 1. The second-order valence-corrected chi connectivity index (χ2v) is 6.20. The lowest BCUT2D eigenvalue weighted by atomic mass is 10.0. The summed E-state index contributed by atoms with van der Waals surface area (Å²) in [6.07, 6.45) is 3.43. The van der Waals surface area contributed by atoms with E-state index >= 15 is 0 Å². The van der Waals surface area contributed by atoms with E-state index in [4.69, 9.17) is 9.47 Å². The Morgan fingerprint density at radius 2 is 1.56 bits per heavy atom. The molecule has 0 aliphatic carbocycles. The van der Waals surface area contributed by atoms with Crippen molar-refractivity contribution in [2.24, 2.45) is 0 Å². The van der Waals surface area contributed by atoms with E-state index in [9.17, 15) is 9.59 Å². The van der Waals surface area contributed by atoms with Gasteiger partial charge in [0.2, 0.25) is 0 Å². The van der Waals surface area contributed by atoms with E-state index in [0.717, 1.165) is 11.1 Å². The summed E-state index contributed by atoms with van der Waals surface area (Å²) in [6.45, 7) is 3.66. The largest absolute Gasteiger partial charge is 0.464 e. The number of benzene rings is 2. The average molecular weight is 367 g/mol. The first-order valence-electron chi connectivity index (χ1n) is 8.91. The Morgan fingerprint density at radius 1 is 0.963 bits per heavy atom. The average Bonchev–Trinajstić information content (AvgIpc) is 2.68. The summed E-state index contributed by atoms with van der Waals surface area (Å²) in [5, 5.41) is 2.61. The Balaban J connectivity index is 2.01. The van der Waals surface area contributed by atoms with Crippen LogP contribution in [0.1, 0.15) is 25.0 Å². The molecule has 0 heterocycles. The normalized spacial score (nSPS) is 13.0. The zero-order valence-corrected chi connectivity index (χ0v) is 15.7. The van der Waals surface area contributed by atoms with E-state index in [2.05, 4.69) is 5.32 Å². The summed E-state index contributed by atoms with van der Waals surface area (Å²) >= 11 is 0. The fraction of sp³-hybridized carbons (Fsp3) is 0.273. The van der Waals surface area contributed by atoms with Crippen molar-refractivity contribution < 1.29 is 19.1 Å². The fourth-order valence-corrected chi connectivity index (χ4v) is 2.46. The molecule has 5 heteroatoms. The first-order chi connectivity index (χ1) is 13.0. The van der Waals surface area contributed by atoms with Crippen LogP contribution >= 0.6 is 0 Å². The van der Waals surface area contributed by atoms with Gasteiger partial charge in [-0.1, -0.05) is 72.8 Å². The molecule has 2 aromatic rings. The van der Waals surface area contributed by atoms with E-state index < -0.39 is 17.6 Å².